The van der Waals surface area contributed by atoms with Crippen molar-refractivity contribution in [1.29, 1.82) is 0 Å². The Balaban J connectivity index is 3.22. The number of hydrogen-bond donors (Lipinski definition) is 0. The van der Waals surface area contributed by atoms with E-state index in [-0.39, 0.29) is 6.04 Å². The van der Waals surface area contributed by atoms with E-state index >= 15 is 0 Å². The quantitative estimate of drug-likeness (QED) is 0.650. The van der Waals surface area contributed by atoms with Gasteiger partial charge in [-0.2, -0.15) is 0 Å². The summed E-state index contributed by atoms with van der Waals surface area (Å²) in [5.74, 6) is 0. The second-order valence-electron chi connectivity index (χ2n) is 3.27. The summed E-state index contributed by atoms with van der Waals surface area (Å²) >= 11 is 3.51. The Kier molecular flexibility index (Phi) is 3.11. The first-order chi connectivity index (χ1) is 6.06. The average Bonchev–Trinajstić information content (AvgIpc) is 2.12. The molecule has 0 saturated heterocycles. The number of nitrogens with zero attached hydrogens (tertiary/aromatic N) is 1. The van der Waals surface area contributed by atoms with Crippen LogP contribution < -0.4 is 0 Å². The van der Waals surface area contributed by atoms with Gasteiger partial charge in [0.2, 0.25) is 6.04 Å². The minimum absolute atomic E-state index is 0.0366. The molecule has 68 valence electrons. The maximum absolute atomic E-state index is 6.95. The van der Waals surface area contributed by atoms with Crippen LogP contribution in [-0.2, 0) is 0 Å². The lowest BCUT2D eigenvalue weighted by atomic mass is 10.0. The van der Waals surface area contributed by atoms with Crippen molar-refractivity contribution in [3.8, 4) is 0 Å². The molecule has 1 aromatic carbocycles. The number of benzene rings is 1. The zero-order valence-electron chi connectivity index (χ0n) is 8.06. The third kappa shape index (κ3) is 2.10. The van der Waals surface area contributed by atoms with Crippen molar-refractivity contribution in [2.24, 2.45) is 0 Å². The first kappa shape index (κ1) is 10.3. The van der Waals surface area contributed by atoms with E-state index in [2.05, 4.69) is 46.8 Å². The lowest BCUT2D eigenvalue weighted by Crippen LogP contribution is -1.91. The number of rotatable bonds is 1. The lowest BCUT2D eigenvalue weighted by molar-refractivity contribution is 0.953. The summed E-state index contributed by atoms with van der Waals surface area (Å²) in [5, 5.41) is 0. The summed E-state index contributed by atoms with van der Waals surface area (Å²) in [7, 11) is 0. The molecule has 0 N–H and O–H groups in total. The van der Waals surface area contributed by atoms with Crippen LogP contribution in [0.3, 0.4) is 0 Å². The minimum Gasteiger partial charge on any atom is -0.309 e. The van der Waals surface area contributed by atoms with Gasteiger partial charge >= 0.3 is 0 Å². The molecule has 0 aromatic heterocycles. The van der Waals surface area contributed by atoms with Crippen molar-refractivity contribution < 1.29 is 0 Å². The average molecular weight is 238 g/mol. The highest BCUT2D eigenvalue weighted by Crippen LogP contribution is 2.26. The molecular formula is C11H12BrN. The fourth-order valence-electron chi connectivity index (χ4n) is 1.30. The topological polar surface area (TPSA) is 4.36 Å². The Bertz CT molecular complexity index is 340. The van der Waals surface area contributed by atoms with Crippen LogP contribution in [0.15, 0.2) is 16.6 Å². The fraction of sp³-hybridized carbons (Fsp3) is 0.364. The van der Waals surface area contributed by atoms with E-state index in [0.29, 0.717) is 0 Å². The monoisotopic (exact) mass is 237 g/mol. The van der Waals surface area contributed by atoms with Gasteiger partial charge < -0.3 is 4.85 Å². The van der Waals surface area contributed by atoms with Crippen LogP contribution in [0.4, 0.5) is 0 Å². The summed E-state index contributed by atoms with van der Waals surface area (Å²) in [6.07, 6.45) is 0. The molecule has 0 radical (unpaired) electrons. The van der Waals surface area contributed by atoms with Crippen LogP contribution in [-0.4, -0.2) is 0 Å². The Labute approximate surface area is 87.7 Å². The van der Waals surface area contributed by atoms with Gasteiger partial charge in [-0.15, -0.1) is 0 Å². The second-order valence-corrected chi connectivity index (χ2v) is 4.07. The normalized spacial score (nSPS) is 12.2. The molecule has 0 aliphatic rings. The zero-order valence-corrected chi connectivity index (χ0v) is 9.64. The molecule has 0 bridgehead atoms. The number of aryl methyl sites for hydroxylation is 2. The van der Waals surface area contributed by atoms with Crippen molar-refractivity contribution in [1.82, 2.24) is 0 Å². The third-order valence-electron chi connectivity index (χ3n) is 2.13. The smallest absolute Gasteiger partial charge is 0.246 e. The third-order valence-corrected chi connectivity index (χ3v) is 3.39. The molecule has 13 heavy (non-hydrogen) atoms. The summed E-state index contributed by atoms with van der Waals surface area (Å²) < 4.78 is 1.15. The van der Waals surface area contributed by atoms with Gasteiger partial charge in [-0.3, -0.25) is 0 Å². The van der Waals surface area contributed by atoms with E-state index < -0.39 is 0 Å². The van der Waals surface area contributed by atoms with E-state index in [9.17, 15) is 0 Å². The van der Waals surface area contributed by atoms with Crippen LogP contribution in [0.1, 0.15) is 29.7 Å². The summed E-state index contributed by atoms with van der Waals surface area (Å²) in [5.41, 5.74) is 3.50. The van der Waals surface area contributed by atoms with Crippen LogP contribution in [0.5, 0.6) is 0 Å². The van der Waals surface area contributed by atoms with Crippen LogP contribution in [0.25, 0.3) is 4.85 Å². The molecule has 1 atom stereocenters. The SMILES string of the molecule is [C-]#[N+]C(C)c1cc(C)c(Br)c(C)c1. The van der Waals surface area contributed by atoms with Crippen LogP contribution >= 0.6 is 15.9 Å². The molecule has 1 nitrogen and oxygen atoms in total. The van der Waals surface area contributed by atoms with E-state index in [4.69, 9.17) is 6.57 Å². The van der Waals surface area contributed by atoms with Gasteiger partial charge in [-0.25, -0.2) is 6.57 Å². The number of hydrogen-bond acceptors (Lipinski definition) is 0. The van der Waals surface area contributed by atoms with Crippen molar-refractivity contribution in [3.05, 3.63) is 44.7 Å². The Morgan fingerprint density at radius 1 is 1.31 bits per heavy atom. The van der Waals surface area contributed by atoms with Gasteiger partial charge in [0.15, 0.2) is 0 Å². The molecule has 0 aliphatic heterocycles. The van der Waals surface area contributed by atoms with E-state index in [0.717, 1.165) is 10.0 Å². The molecule has 0 fully saturated rings. The Hall–Kier alpha value is -0.810. The standard InChI is InChI=1S/C11H12BrN/c1-7-5-10(9(3)13-4)6-8(2)11(7)12/h5-6,9H,1-3H3. The first-order valence-electron chi connectivity index (χ1n) is 4.19. The zero-order chi connectivity index (χ0) is 10.0. The highest BCUT2D eigenvalue weighted by atomic mass is 79.9. The van der Waals surface area contributed by atoms with Crippen LogP contribution in [0.2, 0.25) is 0 Å². The van der Waals surface area contributed by atoms with Crippen LogP contribution in [0, 0.1) is 20.4 Å². The molecule has 0 spiro atoms. The molecule has 2 heteroatoms. The Morgan fingerprint density at radius 3 is 2.15 bits per heavy atom. The predicted octanol–water partition coefficient (Wildman–Crippen LogP) is 4.05. The number of halogens is 1. The maximum atomic E-state index is 6.95. The van der Waals surface area contributed by atoms with Gasteiger partial charge in [-0.1, -0.05) is 15.9 Å². The van der Waals surface area contributed by atoms with Crippen molar-refractivity contribution in [2.75, 3.05) is 0 Å². The van der Waals surface area contributed by atoms with Gasteiger partial charge in [-0.05, 0) is 37.1 Å². The summed E-state index contributed by atoms with van der Waals surface area (Å²) in [6.45, 7) is 13.0. The molecule has 1 unspecified atom stereocenters. The van der Waals surface area contributed by atoms with Gasteiger partial charge in [0.05, 0.1) is 0 Å². The van der Waals surface area contributed by atoms with E-state index in [1.807, 2.05) is 6.92 Å². The van der Waals surface area contributed by atoms with Gasteiger partial charge in [0.1, 0.15) is 0 Å². The highest BCUT2D eigenvalue weighted by Gasteiger charge is 2.10. The molecule has 0 amide bonds. The fourth-order valence-corrected chi connectivity index (χ4v) is 1.52. The predicted molar refractivity (Wildman–Crippen MR) is 58.6 cm³/mol. The van der Waals surface area contributed by atoms with Crippen molar-refractivity contribution >= 4 is 15.9 Å². The summed E-state index contributed by atoms with van der Waals surface area (Å²) in [4.78, 5) is 3.51. The molecule has 1 rings (SSSR count). The molecule has 0 heterocycles. The van der Waals surface area contributed by atoms with E-state index in [1.165, 1.54) is 11.1 Å². The maximum Gasteiger partial charge on any atom is 0.246 e. The summed E-state index contributed by atoms with van der Waals surface area (Å²) in [6, 6.07) is 4.10. The molecule has 0 aliphatic carbocycles. The lowest BCUT2D eigenvalue weighted by Gasteiger charge is -2.06. The largest absolute Gasteiger partial charge is 0.309 e. The highest BCUT2D eigenvalue weighted by molar-refractivity contribution is 9.10. The van der Waals surface area contributed by atoms with Crippen molar-refractivity contribution in [3.63, 3.8) is 0 Å². The molecule has 0 saturated carbocycles. The minimum atomic E-state index is -0.0366. The molecule has 1 aromatic rings. The second kappa shape index (κ2) is 3.93. The Morgan fingerprint density at radius 2 is 1.77 bits per heavy atom. The van der Waals surface area contributed by atoms with E-state index in [1.54, 1.807) is 0 Å². The first-order valence-corrected chi connectivity index (χ1v) is 4.98. The van der Waals surface area contributed by atoms with Gasteiger partial charge in [0.25, 0.3) is 0 Å². The van der Waals surface area contributed by atoms with Crippen molar-refractivity contribution in [2.45, 2.75) is 26.8 Å². The molecular weight excluding hydrogens is 226 g/mol. The van der Waals surface area contributed by atoms with Gasteiger partial charge in [0, 0.05) is 17.0 Å².